The Morgan fingerprint density at radius 1 is 1.10 bits per heavy atom. The molecule has 20 heavy (non-hydrogen) atoms. The van der Waals surface area contributed by atoms with E-state index in [-0.39, 0.29) is 0 Å². The minimum atomic E-state index is 0.984. The Morgan fingerprint density at radius 2 is 2.00 bits per heavy atom. The van der Waals surface area contributed by atoms with Gasteiger partial charge in [-0.3, -0.25) is 0 Å². The quantitative estimate of drug-likeness (QED) is 0.677. The van der Waals surface area contributed by atoms with E-state index in [1.807, 2.05) is 17.8 Å². The second kappa shape index (κ2) is 4.34. The Labute approximate surface area is 117 Å². The van der Waals surface area contributed by atoms with E-state index in [2.05, 4.69) is 45.2 Å². The van der Waals surface area contributed by atoms with E-state index in [1.165, 1.54) is 11.3 Å². The lowest BCUT2D eigenvalue weighted by atomic mass is 10.0. The van der Waals surface area contributed by atoms with Crippen molar-refractivity contribution in [3.8, 4) is 0 Å². The minimum Gasteiger partial charge on any atom is -0.335 e. The molecule has 1 aliphatic rings. The van der Waals surface area contributed by atoms with Crippen LogP contribution in [0.4, 0.5) is 11.5 Å². The lowest BCUT2D eigenvalue weighted by Crippen LogP contribution is -2.25. The first-order valence-electron chi connectivity index (χ1n) is 6.96. The van der Waals surface area contributed by atoms with Gasteiger partial charge in [0.2, 0.25) is 0 Å². The Balaban J connectivity index is 1.92. The Bertz CT molecular complexity index is 775. The molecular formula is C16H16N4. The maximum absolute atomic E-state index is 4.54. The number of aryl methyl sites for hydroxylation is 2. The predicted octanol–water partition coefficient (Wildman–Crippen LogP) is 3.05. The molecule has 0 fully saturated rings. The predicted molar refractivity (Wildman–Crippen MR) is 80.3 cm³/mol. The highest BCUT2D eigenvalue weighted by molar-refractivity contribution is 5.90. The summed E-state index contributed by atoms with van der Waals surface area (Å²) in [7, 11) is 2.02. The van der Waals surface area contributed by atoms with E-state index in [9.17, 15) is 0 Å². The molecule has 3 aromatic rings. The summed E-state index contributed by atoms with van der Waals surface area (Å²) in [6, 6.07) is 10.7. The van der Waals surface area contributed by atoms with E-state index in [0.29, 0.717) is 0 Å². The third-order valence-corrected chi connectivity index (χ3v) is 4.01. The van der Waals surface area contributed by atoms with E-state index in [0.717, 1.165) is 36.2 Å². The molecule has 0 N–H and O–H groups in total. The fourth-order valence-electron chi connectivity index (χ4n) is 3.03. The zero-order valence-corrected chi connectivity index (χ0v) is 11.5. The average molecular weight is 264 g/mol. The number of fused-ring (bicyclic) bond motifs is 2. The van der Waals surface area contributed by atoms with Gasteiger partial charge in [0.05, 0.1) is 5.39 Å². The van der Waals surface area contributed by atoms with Crippen molar-refractivity contribution in [3.63, 3.8) is 0 Å². The summed E-state index contributed by atoms with van der Waals surface area (Å²) >= 11 is 0. The van der Waals surface area contributed by atoms with Crippen molar-refractivity contribution in [2.24, 2.45) is 7.05 Å². The van der Waals surface area contributed by atoms with Crippen LogP contribution in [0.2, 0.25) is 0 Å². The van der Waals surface area contributed by atoms with Crippen molar-refractivity contribution < 1.29 is 0 Å². The van der Waals surface area contributed by atoms with Crippen LogP contribution in [0.5, 0.6) is 0 Å². The molecule has 0 atom stereocenters. The fourth-order valence-corrected chi connectivity index (χ4v) is 3.03. The molecule has 0 saturated carbocycles. The molecule has 0 amide bonds. The molecule has 0 unspecified atom stereocenters. The molecule has 100 valence electrons. The van der Waals surface area contributed by atoms with Gasteiger partial charge in [0.25, 0.3) is 0 Å². The summed E-state index contributed by atoms with van der Waals surface area (Å²) in [5.74, 6) is 1.02. The number of hydrogen-bond acceptors (Lipinski definition) is 3. The summed E-state index contributed by atoms with van der Waals surface area (Å²) < 4.78 is 2.04. The Hall–Kier alpha value is -2.36. The number of rotatable bonds is 1. The number of hydrogen-bond donors (Lipinski definition) is 0. The topological polar surface area (TPSA) is 34.0 Å². The van der Waals surface area contributed by atoms with Gasteiger partial charge in [-0.05, 0) is 30.5 Å². The highest BCUT2D eigenvalue weighted by Crippen LogP contribution is 2.35. The van der Waals surface area contributed by atoms with Crippen LogP contribution in [0.25, 0.3) is 11.0 Å². The largest absolute Gasteiger partial charge is 0.335 e. The van der Waals surface area contributed by atoms with Crippen molar-refractivity contribution in [2.75, 3.05) is 11.4 Å². The molecule has 4 nitrogen and oxygen atoms in total. The van der Waals surface area contributed by atoms with Gasteiger partial charge in [-0.2, -0.15) is 0 Å². The van der Waals surface area contributed by atoms with Gasteiger partial charge in [0.1, 0.15) is 17.8 Å². The first-order valence-corrected chi connectivity index (χ1v) is 6.96. The van der Waals surface area contributed by atoms with Gasteiger partial charge in [0, 0.05) is 25.5 Å². The van der Waals surface area contributed by atoms with Crippen molar-refractivity contribution in [1.82, 2.24) is 14.5 Å². The van der Waals surface area contributed by atoms with Crippen molar-refractivity contribution >= 4 is 22.5 Å². The van der Waals surface area contributed by atoms with Crippen LogP contribution >= 0.6 is 0 Å². The van der Waals surface area contributed by atoms with Gasteiger partial charge in [-0.15, -0.1) is 0 Å². The number of anilines is 2. The Kier molecular flexibility index (Phi) is 2.49. The van der Waals surface area contributed by atoms with Gasteiger partial charge >= 0.3 is 0 Å². The highest BCUT2D eigenvalue weighted by atomic mass is 15.2. The number of aromatic nitrogens is 3. The average Bonchev–Trinajstić information content (AvgIpc) is 2.88. The van der Waals surface area contributed by atoms with Crippen LogP contribution in [0.15, 0.2) is 42.9 Å². The Morgan fingerprint density at radius 3 is 2.95 bits per heavy atom. The van der Waals surface area contributed by atoms with Crippen LogP contribution in [0.1, 0.15) is 12.0 Å². The molecular weight excluding hydrogens is 248 g/mol. The van der Waals surface area contributed by atoms with Gasteiger partial charge in [-0.1, -0.05) is 18.2 Å². The first-order chi connectivity index (χ1) is 9.84. The molecule has 3 heterocycles. The molecule has 0 bridgehead atoms. The summed E-state index contributed by atoms with van der Waals surface area (Å²) in [6.45, 7) is 1.01. The van der Waals surface area contributed by atoms with Crippen LogP contribution in [-0.4, -0.2) is 21.1 Å². The zero-order valence-electron chi connectivity index (χ0n) is 11.5. The minimum absolute atomic E-state index is 0.984. The second-order valence-corrected chi connectivity index (χ2v) is 5.25. The maximum Gasteiger partial charge on any atom is 0.145 e. The summed E-state index contributed by atoms with van der Waals surface area (Å²) in [5, 5.41) is 1.12. The van der Waals surface area contributed by atoms with E-state index < -0.39 is 0 Å². The maximum atomic E-state index is 4.54. The molecule has 0 saturated heterocycles. The SMILES string of the molecule is Cn1ccc2c(N3CCCc4ccccc43)ncnc21. The van der Waals surface area contributed by atoms with E-state index >= 15 is 0 Å². The van der Waals surface area contributed by atoms with Gasteiger partial charge in [-0.25, -0.2) is 9.97 Å². The molecule has 0 radical (unpaired) electrons. The third kappa shape index (κ3) is 1.61. The molecule has 4 heteroatoms. The molecule has 4 rings (SSSR count). The molecule has 1 aliphatic heterocycles. The molecule has 2 aromatic heterocycles. The van der Waals surface area contributed by atoms with Crippen LogP contribution in [0.3, 0.4) is 0 Å². The van der Waals surface area contributed by atoms with Crippen molar-refractivity contribution in [1.29, 1.82) is 0 Å². The summed E-state index contributed by atoms with van der Waals surface area (Å²) in [4.78, 5) is 11.2. The summed E-state index contributed by atoms with van der Waals surface area (Å²) in [5.41, 5.74) is 3.67. The van der Waals surface area contributed by atoms with Crippen LogP contribution < -0.4 is 4.90 Å². The number of para-hydroxylation sites is 1. The smallest absolute Gasteiger partial charge is 0.145 e. The standard InChI is InChI=1S/C16H16N4/c1-19-10-8-13-15(19)17-11-18-16(13)20-9-4-6-12-5-2-3-7-14(12)20/h2-3,5,7-8,10-11H,4,6,9H2,1H3. The zero-order chi connectivity index (χ0) is 13.5. The molecule has 1 aromatic carbocycles. The fraction of sp³-hybridized carbons (Fsp3) is 0.250. The van der Waals surface area contributed by atoms with Gasteiger partial charge in [0.15, 0.2) is 0 Å². The second-order valence-electron chi connectivity index (χ2n) is 5.25. The van der Waals surface area contributed by atoms with Crippen LogP contribution in [-0.2, 0) is 13.5 Å². The van der Waals surface area contributed by atoms with E-state index in [4.69, 9.17) is 0 Å². The third-order valence-electron chi connectivity index (χ3n) is 4.01. The van der Waals surface area contributed by atoms with Gasteiger partial charge < -0.3 is 9.47 Å². The molecule has 0 spiro atoms. The lowest BCUT2D eigenvalue weighted by molar-refractivity contribution is 0.761. The van der Waals surface area contributed by atoms with E-state index in [1.54, 1.807) is 6.33 Å². The van der Waals surface area contributed by atoms with Crippen molar-refractivity contribution in [2.45, 2.75) is 12.8 Å². The van der Waals surface area contributed by atoms with Crippen molar-refractivity contribution in [3.05, 3.63) is 48.4 Å². The lowest BCUT2D eigenvalue weighted by Gasteiger charge is -2.30. The monoisotopic (exact) mass is 264 g/mol. The van der Waals surface area contributed by atoms with Crippen LogP contribution in [0, 0.1) is 0 Å². The number of benzene rings is 1. The summed E-state index contributed by atoms with van der Waals surface area (Å²) in [6.07, 6.45) is 6.01. The first kappa shape index (κ1) is 11.5. The normalized spacial score (nSPS) is 14.6. The highest BCUT2D eigenvalue weighted by Gasteiger charge is 2.21. The number of nitrogens with zero attached hydrogens (tertiary/aromatic N) is 4. The molecule has 0 aliphatic carbocycles.